The zero-order chi connectivity index (χ0) is 22.3. The predicted molar refractivity (Wildman–Crippen MR) is 110 cm³/mol. The topological polar surface area (TPSA) is 153 Å². The number of hydrogen-bond acceptors (Lipinski definition) is 10. The number of hydrogen-bond donors (Lipinski definition) is 2. The van der Waals surface area contributed by atoms with Crippen LogP contribution >= 0.6 is 7.75 Å². The van der Waals surface area contributed by atoms with E-state index in [-0.39, 0.29) is 36.8 Å². The molecule has 0 saturated carbocycles. The normalized spacial score (nSPS) is 31.6. The Balaban J connectivity index is 1.44. The summed E-state index contributed by atoms with van der Waals surface area (Å²) < 4.78 is 37.6. The molecule has 0 radical (unpaired) electrons. The Morgan fingerprint density at radius 3 is 2.90 bits per heavy atom. The molecule has 3 N–H and O–H groups in total. The van der Waals surface area contributed by atoms with Gasteiger partial charge in [0.25, 0.3) is 0 Å². The van der Waals surface area contributed by atoms with E-state index < -0.39 is 32.2 Å². The molecule has 0 amide bonds. The van der Waals surface area contributed by atoms with Crippen molar-refractivity contribution in [1.82, 2.24) is 24.6 Å². The van der Waals surface area contributed by atoms with Crippen LogP contribution in [0, 0.1) is 11.8 Å². The summed E-state index contributed by atoms with van der Waals surface area (Å²) in [4.78, 5) is 24.1. The van der Waals surface area contributed by atoms with Crippen LogP contribution in [0.3, 0.4) is 0 Å². The molecule has 170 valence electrons. The van der Waals surface area contributed by atoms with Crippen molar-refractivity contribution in [3.8, 4) is 0 Å². The molecule has 2 unspecified atom stereocenters. The number of imidazole rings is 1. The van der Waals surface area contributed by atoms with Gasteiger partial charge in [-0.3, -0.25) is 18.4 Å². The molecule has 13 heteroatoms. The number of ether oxygens (including phenoxy) is 2. The summed E-state index contributed by atoms with van der Waals surface area (Å²) in [6.07, 6.45) is 1.63. The number of aromatic nitrogens is 4. The average molecular weight is 454 g/mol. The highest BCUT2D eigenvalue weighted by molar-refractivity contribution is 7.51. The van der Waals surface area contributed by atoms with Crippen molar-refractivity contribution in [1.29, 1.82) is 0 Å². The Morgan fingerprint density at radius 2 is 2.16 bits per heavy atom. The average Bonchev–Trinajstić information content (AvgIpc) is 3.28. The van der Waals surface area contributed by atoms with E-state index in [1.807, 2.05) is 6.92 Å². The number of nitrogens with one attached hydrogen (secondary N) is 1. The maximum Gasteiger partial charge on any atom is 0.406 e. The van der Waals surface area contributed by atoms with E-state index in [9.17, 15) is 9.36 Å². The van der Waals surface area contributed by atoms with Crippen LogP contribution in [0.2, 0.25) is 0 Å². The number of carbonyl (C=O) groups is 1. The van der Waals surface area contributed by atoms with Crippen LogP contribution in [-0.4, -0.2) is 57.0 Å². The maximum absolute atomic E-state index is 13.2. The molecule has 12 nitrogen and oxygen atoms in total. The smallest absolute Gasteiger partial charge is 0.406 e. The number of nitrogens with zero attached hydrogens (tertiary/aromatic N) is 4. The summed E-state index contributed by atoms with van der Waals surface area (Å²) in [6.45, 7) is 7.33. The molecule has 2 aromatic rings. The minimum absolute atomic E-state index is 0.0542. The number of nitrogen functional groups attached to an aromatic ring is 1. The molecule has 2 aliphatic rings. The molecule has 0 aromatic carbocycles. The molecular formula is C18H27N6O6P. The molecule has 0 bridgehead atoms. The SMILES string of the molecule is CC(COC(=O)C(C)C)NP1(=O)OC[C@H]2O[C@@H](n3cnc4c(N)ncnc43)[C@@H](C)[C@@H]2O1. The molecule has 6 atom stereocenters. The fourth-order valence-electron chi connectivity index (χ4n) is 3.67. The number of carbonyl (C=O) groups excluding carboxylic acids is 1. The Hall–Kier alpha value is -2.11. The van der Waals surface area contributed by atoms with Crippen LogP contribution in [0.25, 0.3) is 11.2 Å². The van der Waals surface area contributed by atoms with Gasteiger partial charge >= 0.3 is 13.7 Å². The third kappa shape index (κ3) is 4.31. The first kappa shape index (κ1) is 22.1. The van der Waals surface area contributed by atoms with Gasteiger partial charge in [0.2, 0.25) is 0 Å². The number of esters is 1. The van der Waals surface area contributed by atoms with Gasteiger partial charge in [0, 0.05) is 12.0 Å². The van der Waals surface area contributed by atoms with Gasteiger partial charge in [0.15, 0.2) is 11.5 Å². The van der Waals surface area contributed by atoms with Crippen LogP contribution in [0.4, 0.5) is 5.82 Å². The van der Waals surface area contributed by atoms with Crippen molar-refractivity contribution in [3.63, 3.8) is 0 Å². The first-order valence-electron chi connectivity index (χ1n) is 10.1. The summed E-state index contributed by atoms with van der Waals surface area (Å²) in [5.41, 5.74) is 6.91. The summed E-state index contributed by atoms with van der Waals surface area (Å²) in [6, 6.07) is -0.421. The number of anilines is 1. The maximum atomic E-state index is 13.2. The third-order valence-electron chi connectivity index (χ3n) is 5.30. The Bertz CT molecular complexity index is 1010. The van der Waals surface area contributed by atoms with Gasteiger partial charge < -0.3 is 15.2 Å². The Morgan fingerprint density at radius 1 is 1.39 bits per heavy atom. The zero-order valence-corrected chi connectivity index (χ0v) is 18.7. The Labute approximate surface area is 179 Å². The quantitative estimate of drug-likeness (QED) is 0.484. The fourth-order valence-corrected chi connectivity index (χ4v) is 5.47. The number of fused-ring (bicyclic) bond motifs is 2. The zero-order valence-electron chi connectivity index (χ0n) is 17.8. The van der Waals surface area contributed by atoms with Crippen molar-refractivity contribution in [2.75, 3.05) is 18.9 Å². The number of rotatable bonds is 6. The third-order valence-corrected chi connectivity index (χ3v) is 7.07. The minimum Gasteiger partial charge on any atom is -0.464 e. The summed E-state index contributed by atoms with van der Waals surface area (Å²) in [5.74, 6) is -0.450. The second kappa shape index (κ2) is 8.44. The molecule has 0 aliphatic carbocycles. The van der Waals surface area contributed by atoms with Crippen molar-refractivity contribution in [3.05, 3.63) is 12.7 Å². The van der Waals surface area contributed by atoms with Gasteiger partial charge in [0.1, 0.15) is 36.9 Å². The van der Waals surface area contributed by atoms with E-state index in [1.165, 1.54) is 6.33 Å². The molecule has 31 heavy (non-hydrogen) atoms. The molecule has 2 saturated heterocycles. The monoisotopic (exact) mass is 454 g/mol. The van der Waals surface area contributed by atoms with Crippen LogP contribution in [0.1, 0.15) is 33.9 Å². The second-order valence-electron chi connectivity index (χ2n) is 8.19. The predicted octanol–water partition coefficient (Wildman–Crippen LogP) is 1.64. The minimum atomic E-state index is -3.61. The lowest BCUT2D eigenvalue weighted by molar-refractivity contribution is -0.147. The summed E-state index contributed by atoms with van der Waals surface area (Å²) in [7, 11) is -3.61. The second-order valence-corrected chi connectivity index (χ2v) is 9.91. The molecule has 2 aliphatic heterocycles. The van der Waals surface area contributed by atoms with E-state index in [4.69, 9.17) is 24.3 Å². The van der Waals surface area contributed by atoms with Gasteiger partial charge in [-0.15, -0.1) is 0 Å². The molecule has 4 heterocycles. The van der Waals surface area contributed by atoms with E-state index >= 15 is 0 Å². The summed E-state index contributed by atoms with van der Waals surface area (Å²) in [5, 5.41) is 2.83. The van der Waals surface area contributed by atoms with E-state index in [1.54, 1.807) is 31.7 Å². The summed E-state index contributed by atoms with van der Waals surface area (Å²) >= 11 is 0. The van der Waals surface area contributed by atoms with Crippen LogP contribution < -0.4 is 10.8 Å². The molecular weight excluding hydrogens is 427 g/mol. The van der Waals surface area contributed by atoms with Gasteiger partial charge in [0.05, 0.1) is 18.9 Å². The van der Waals surface area contributed by atoms with Crippen LogP contribution in [0.15, 0.2) is 12.7 Å². The van der Waals surface area contributed by atoms with Crippen LogP contribution in [0.5, 0.6) is 0 Å². The van der Waals surface area contributed by atoms with Gasteiger partial charge in [-0.05, 0) is 6.92 Å². The molecule has 2 fully saturated rings. The van der Waals surface area contributed by atoms with Gasteiger partial charge in [-0.1, -0.05) is 20.8 Å². The van der Waals surface area contributed by atoms with Gasteiger partial charge in [-0.2, -0.15) is 0 Å². The van der Waals surface area contributed by atoms with Gasteiger partial charge in [-0.25, -0.2) is 24.6 Å². The first-order chi connectivity index (χ1) is 14.7. The Kier molecular flexibility index (Phi) is 6.01. The lowest BCUT2D eigenvalue weighted by atomic mass is 10.0. The lowest BCUT2D eigenvalue weighted by Crippen LogP contribution is -2.41. The molecule has 2 aromatic heterocycles. The van der Waals surface area contributed by atoms with E-state index in [2.05, 4.69) is 20.0 Å². The highest BCUT2D eigenvalue weighted by Gasteiger charge is 2.51. The first-order valence-corrected chi connectivity index (χ1v) is 11.7. The van der Waals surface area contributed by atoms with E-state index in [0.29, 0.717) is 11.2 Å². The highest BCUT2D eigenvalue weighted by atomic mass is 31.2. The fraction of sp³-hybridized carbons (Fsp3) is 0.667. The largest absolute Gasteiger partial charge is 0.464 e. The number of nitrogens with two attached hydrogens (primary N) is 1. The lowest BCUT2D eigenvalue weighted by Gasteiger charge is -2.33. The molecule has 4 rings (SSSR count). The standard InChI is InChI=1S/C18H27N6O6P/c1-9(2)18(25)27-5-10(3)23-31(26)28-6-12-14(30-31)11(4)17(29-12)24-8-22-13-15(19)20-7-21-16(13)24/h7-12,14,17H,5-6H2,1-4H3,(H,23,26)(H2,19,20,21)/t10?,11-,12+,14-,17+,31?/m0/s1. The van der Waals surface area contributed by atoms with Crippen LogP contribution in [-0.2, 0) is 27.9 Å². The highest BCUT2D eigenvalue weighted by Crippen LogP contribution is 2.54. The van der Waals surface area contributed by atoms with Crippen molar-refractivity contribution >= 4 is 30.7 Å². The van der Waals surface area contributed by atoms with E-state index in [0.717, 1.165) is 0 Å². The van der Waals surface area contributed by atoms with Crippen molar-refractivity contribution < 1.29 is 27.9 Å². The van der Waals surface area contributed by atoms with Crippen molar-refractivity contribution in [2.45, 2.75) is 52.2 Å². The molecule has 0 spiro atoms. The van der Waals surface area contributed by atoms with Crippen molar-refractivity contribution in [2.24, 2.45) is 11.8 Å².